The van der Waals surface area contributed by atoms with E-state index in [1.807, 2.05) is 0 Å². The van der Waals surface area contributed by atoms with Crippen LogP contribution in [0.3, 0.4) is 0 Å². The van der Waals surface area contributed by atoms with E-state index in [4.69, 9.17) is 0 Å². The Morgan fingerprint density at radius 1 is 1.05 bits per heavy atom. The van der Waals surface area contributed by atoms with Crippen molar-refractivity contribution in [2.24, 2.45) is 11.3 Å². The summed E-state index contributed by atoms with van der Waals surface area (Å²) in [6.07, 6.45) is 4.19. The maximum atomic E-state index is 9.99. The van der Waals surface area contributed by atoms with E-state index in [9.17, 15) is 5.11 Å². The molecule has 1 saturated carbocycles. The van der Waals surface area contributed by atoms with E-state index in [1.165, 1.54) is 6.42 Å². The summed E-state index contributed by atoms with van der Waals surface area (Å²) in [7, 11) is 6.49. The summed E-state index contributed by atoms with van der Waals surface area (Å²) in [6.45, 7) is 9.30. The molecule has 0 heterocycles. The Labute approximate surface area is 120 Å². The van der Waals surface area contributed by atoms with Crippen LogP contribution in [-0.4, -0.2) is 61.3 Å². The second-order valence-corrected chi connectivity index (χ2v) is 7.64. The van der Waals surface area contributed by atoms with Gasteiger partial charge in [0.2, 0.25) is 0 Å². The van der Waals surface area contributed by atoms with Crippen molar-refractivity contribution in [3.8, 4) is 0 Å². The predicted molar refractivity (Wildman–Crippen MR) is 82.4 cm³/mol. The molecular formula is C16H34N2O. The minimum atomic E-state index is -0.0973. The molecule has 114 valence electrons. The minimum Gasteiger partial charge on any atom is -0.393 e. The van der Waals surface area contributed by atoms with Gasteiger partial charge in [-0.3, -0.25) is 0 Å². The molecule has 0 aromatic heterocycles. The smallest absolute Gasteiger partial charge is 0.0555 e. The third kappa shape index (κ3) is 5.41. The zero-order chi connectivity index (χ0) is 14.6. The quantitative estimate of drug-likeness (QED) is 0.831. The van der Waals surface area contributed by atoms with E-state index in [0.717, 1.165) is 32.4 Å². The van der Waals surface area contributed by atoms with E-state index in [0.29, 0.717) is 17.4 Å². The van der Waals surface area contributed by atoms with E-state index in [1.54, 1.807) is 0 Å². The molecule has 1 aliphatic rings. The SMILES string of the molecule is CN(C)CCCN(C)C1CC(O)CCC1C(C)(C)C. The Hall–Kier alpha value is -0.120. The molecule has 0 saturated heterocycles. The molecule has 1 rings (SSSR count). The number of hydrogen-bond acceptors (Lipinski definition) is 3. The fourth-order valence-corrected chi connectivity index (χ4v) is 3.42. The standard InChI is InChI=1S/C16H34N2O/c1-16(2,3)14-9-8-13(19)12-15(14)18(6)11-7-10-17(4)5/h13-15,19H,7-12H2,1-6H3. The molecule has 3 heteroatoms. The molecule has 1 fully saturated rings. The summed E-state index contributed by atoms with van der Waals surface area (Å²) in [5.74, 6) is 0.695. The number of nitrogens with zero attached hydrogens (tertiary/aromatic N) is 2. The topological polar surface area (TPSA) is 26.7 Å². The summed E-state index contributed by atoms with van der Waals surface area (Å²) >= 11 is 0. The van der Waals surface area contributed by atoms with Crippen LogP contribution < -0.4 is 0 Å². The molecule has 0 radical (unpaired) electrons. The summed E-state index contributed by atoms with van der Waals surface area (Å²) < 4.78 is 0. The first-order valence-electron chi connectivity index (χ1n) is 7.75. The normalized spacial score (nSPS) is 29.2. The molecule has 0 spiro atoms. The second-order valence-electron chi connectivity index (χ2n) is 7.64. The Balaban J connectivity index is 2.58. The highest BCUT2D eigenvalue weighted by Crippen LogP contribution is 2.40. The average Bonchev–Trinajstić information content (AvgIpc) is 2.26. The predicted octanol–water partition coefficient (Wildman–Crippen LogP) is 2.45. The van der Waals surface area contributed by atoms with Gasteiger partial charge in [-0.05, 0) is 71.2 Å². The molecule has 0 aromatic carbocycles. The van der Waals surface area contributed by atoms with Gasteiger partial charge in [-0.1, -0.05) is 20.8 Å². The lowest BCUT2D eigenvalue weighted by Crippen LogP contribution is -2.48. The molecule has 3 atom stereocenters. The molecule has 19 heavy (non-hydrogen) atoms. The van der Waals surface area contributed by atoms with Crippen LogP contribution in [0.25, 0.3) is 0 Å². The molecule has 0 aromatic rings. The Morgan fingerprint density at radius 2 is 1.68 bits per heavy atom. The molecule has 1 aliphatic carbocycles. The zero-order valence-corrected chi connectivity index (χ0v) is 13.8. The van der Waals surface area contributed by atoms with Crippen molar-refractivity contribution >= 4 is 0 Å². The van der Waals surface area contributed by atoms with Crippen LogP contribution in [0.5, 0.6) is 0 Å². The second kappa shape index (κ2) is 7.05. The van der Waals surface area contributed by atoms with Crippen LogP contribution in [0.1, 0.15) is 46.5 Å². The highest BCUT2D eigenvalue weighted by Gasteiger charge is 2.38. The van der Waals surface area contributed by atoms with Gasteiger partial charge < -0.3 is 14.9 Å². The molecular weight excluding hydrogens is 236 g/mol. The van der Waals surface area contributed by atoms with Crippen molar-refractivity contribution in [3.63, 3.8) is 0 Å². The summed E-state index contributed by atoms with van der Waals surface area (Å²) in [6, 6.07) is 0.533. The minimum absolute atomic E-state index is 0.0973. The molecule has 0 bridgehead atoms. The fraction of sp³-hybridized carbons (Fsp3) is 1.00. The first-order chi connectivity index (χ1) is 8.71. The molecule has 3 nitrogen and oxygen atoms in total. The van der Waals surface area contributed by atoms with Gasteiger partial charge in [0.15, 0.2) is 0 Å². The van der Waals surface area contributed by atoms with Crippen LogP contribution in [0.4, 0.5) is 0 Å². The van der Waals surface area contributed by atoms with Gasteiger partial charge in [0.1, 0.15) is 0 Å². The fourth-order valence-electron chi connectivity index (χ4n) is 3.42. The Bertz CT molecular complexity index is 260. The molecule has 0 amide bonds. The molecule has 1 N–H and O–H groups in total. The summed E-state index contributed by atoms with van der Waals surface area (Å²) in [4.78, 5) is 4.73. The van der Waals surface area contributed by atoms with E-state index >= 15 is 0 Å². The van der Waals surface area contributed by atoms with Crippen LogP contribution in [-0.2, 0) is 0 Å². The van der Waals surface area contributed by atoms with Gasteiger partial charge in [-0.15, -0.1) is 0 Å². The van der Waals surface area contributed by atoms with E-state index in [2.05, 4.69) is 51.7 Å². The Morgan fingerprint density at radius 3 is 2.21 bits per heavy atom. The average molecular weight is 270 g/mol. The lowest BCUT2D eigenvalue weighted by Gasteiger charge is -2.46. The third-order valence-electron chi connectivity index (χ3n) is 4.58. The van der Waals surface area contributed by atoms with Crippen molar-refractivity contribution in [1.29, 1.82) is 0 Å². The number of rotatable bonds is 5. The van der Waals surface area contributed by atoms with Crippen molar-refractivity contribution in [2.45, 2.75) is 58.6 Å². The first kappa shape index (κ1) is 16.9. The highest BCUT2D eigenvalue weighted by atomic mass is 16.3. The summed E-state index contributed by atoms with van der Waals surface area (Å²) in [5.41, 5.74) is 0.334. The largest absolute Gasteiger partial charge is 0.393 e. The summed E-state index contributed by atoms with van der Waals surface area (Å²) in [5, 5.41) is 9.99. The van der Waals surface area contributed by atoms with Crippen LogP contribution >= 0.6 is 0 Å². The number of aliphatic hydroxyl groups excluding tert-OH is 1. The monoisotopic (exact) mass is 270 g/mol. The van der Waals surface area contributed by atoms with Crippen molar-refractivity contribution in [1.82, 2.24) is 9.80 Å². The van der Waals surface area contributed by atoms with Gasteiger partial charge in [0.05, 0.1) is 6.10 Å². The van der Waals surface area contributed by atoms with Gasteiger partial charge in [-0.2, -0.15) is 0 Å². The maximum Gasteiger partial charge on any atom is 0.0555 e. The van der Waals surface area contributed by atoms with Crippen molar-refractivity contribution in [2.75, 3.05) is 34.2 Å². The van der Waals surface area contributed by atoms with Crippen LogP contribution in [0.2, 0.25) is 0 Å². The highest BCUT2D eigenvalue weighted by molar-refractivity contribution is 4.91. The zero-order valence-electron chi connectivity index (χ0n) is 13.8. The maximum absolute atomic E-state index is 9.99. The van der Waals surface area contributed by atoms with E-state index < -0.39 is 0 Å². The van der Waals surface area contributed by atoms with Gasteiger partial charge in [0.25, 0.3) is 0 Å². The lowest BCUT2D eigenvalue weighted by molar-refractivity contribution is -0.00281. The van der Waals surface area contributed by atoms with Gasteiger partial charge >= 0.3 is 0 Å². The van der Waals surface area contributed by atoms with Gasteiger partial charge in [-0.25, -0.2) is 0 Å². The number of aliphatic hydroxyl groups is 1. The van der Waals surface area contributed by atoms with Gasteiger partial charge in [0, 0.05) is 6.04 Å². The number of hydrogen-bond donors (Lipinski definition) is 1. The van der Waals surface area contributed by atoms with Crippen molar-refractivity contribution < 1.29 is 5.11 Å². The Kier molecular flexibility index (Phi) is 6.28. The molecule has 0 aliphatic heterocycles. The lowest BCUT2D eigenvalue weighted by atomic mass is 9.68. The molecule has 3 unspecified atom stereocenters. The third-order valence-corrected chi connectivity index (χ3v) is 4.58. The first-order valence-corrected chi connectivity index (χ1v) is 7.75. The van der Waals surface area contributed by atoms with Crippen LogP contribution in [0.15, 0.2) is 0 Å². The van der Waals surface area contributed by atoms with Crippen molar-refractivity contribution in [3.05, 3.63) is 0 Å². The van der Waals surface area contributed by atoms with Crippen LogP contribution in [0, 0.1) is 11.3 Å². The van der Waals surface area contributed by atoms with E-state index in [-0.39, 0.29) is 6.10 Å².